The Morgan fingerprint density at radius 1 is 1.12 bits per heavy atom. The first-order valence-electron chi connectivity index (χ1n) is 9.25. The van der Waals surface area contributed by atoms with E-state index in [0.29, 0.717) is 13.0 Å². The van der Waals surface area contributed by atoms with Gasteiger partial charge in [0, 0.05) is 6.04 Å². The minimum absolute atomic E-state index is 0.0395. The molecule has 1 aromatic carbocycles. The molecule has 2 atom stereocenters. The van der Waals surface area contributed by atoms with Gasteiger partial charge in [0.1, 0.15) is 11.6 Å². The molecule has 6 heteroatoms. The fourth-order valence-corrected chi connectivity index (χ4v) is 2.57. The van der Waals surface area contributed by atoms with Gasteiger partial charge in [-0.1, -0.05) is 30.3 Å². The van der Waals surface area contributed by atoms with E-state index in [2.05, 4.69) is 10.6 Å². The van der Waals surface area contributed by atoms with E-state index in [9.17, 15) is 9.59 Å². The average Bonchev–Trinajstić information content (AvgIpc) is 2.53. The van der Waals surface area contributed by atoms with E-state index >= 15 is 0 Å². The normalized spacial score (nSPS) is 13.6. The molecule has 0 saturated carbocycles. The Kier molecular flexibility index (Phi) is 9.13. The largest absolute Gasteiger partial charge is 0.444 e. The first kappa shape index (κ1) is 22.0. The summed E-state index contributed by atoms with van der Waals surface area (Å²) < 4.78 is 5.27. The molecule has 1 aromatic rings. The van der Waals surface area contributed by atoms with Crippen molar-refractivity contribution in [2.45, 2.75) is 71.1 Å². The summed E-state index contributed by atoms with van der Waals surface area (Å²) >= 11 is 0. The Morgan fingerprint density at radius 2 is 1.77 bits per heavy atom. The highest BCUT2D eigenvalue weighted by Crippen LogP contribution is 2.09. The molecule has 6 nitrogen and oxygen atoms in total. The second-order valence-electron chi connectivity index (χ2n) is 7.58. The van der Waals surface area contributed by atoms with E-state index in [1.165, 1.54) is 0 Å². The number of hydrogen-bond donors (Lipinski definition) is 3. The summed E-state index contributed by atoms with van der Waals surface area (Å²) in [7, 11) is 0. The van der Waals surface area contributed by atoms with Crippen LogP contribution in [0.1, 0.15) is 52.5 Å². The second-order valence-corrected chi connectivity index (χ2v) is 7.58. The third-order valence-electron chi connectivity index (χ3n) is 3.73. The van der Waals surface area contributed by atoms with Crippen LogP contribution >= 0.6 is 0 Å². The Balaban J connectivity index is 2.62. The zero-order chi connectivity index (χ0) is 19.6. The van der Waals surface area contributed by atoms with Gasteiger partial charge in [0.15, 0.2) is 0 Å². The van der Waals surface area contributed by atoms with Crippen molar-refractivity contribution in [2.24, 2.45) is 5.73 Å². The van der Waals surface area contributed by atoms with Gasteiger partial charge in [0.2, 0.25) is 5.91 Å². The van der Waals surface area contributed by atoms with Gasteiger partial charge < -0.3 is 21.1 Å². The number of benzene rings is 1. The van der Waals surface area contributed by atoms with Gasteiger partial charge in [-0.05, 0) is 65.5 Å². The maximum absolute atomic E-state index is 12.6. The summed E-state index contributed by atoms with van der Waals surface area (Å²) in [6.07, 6.45) is 2.24. The first-order valence-corrected chi connectivity index (χ1v) is 9.25. The number of carbonyl (C=O) groups is 2. The highest BCUT2D eigenvalue weighted by molar-refractivity contribution is 5.85. The quantitative estimate of drug-likeness (QED) is 0.588. The zero-order valence-corrected chi connectivity index (χ0v) is 16.4. The molecule has 0 bridgehead atoms. The van der Waals surface area contributed by atoms with Crippen molar-refractivity contribution in [3.05, 3.63) is 35.9 Å². The fraction of sp³-hybridized carbons (Fsp3) is 0.600. The van der Waals surface area contributed by atoms with Crippen molar-refractivity contribution in [3.8, 4) is 0 Å². The monoisotopic (exact) mass is 363 g/mol. The summed E-state index contributed by atoms with van der Waals surface area (Å²) in [5, 5.41) is 5.67. The highest BCUT2D eigenvalue weighted by Gasteiger charge is 2.24. The van der Waals surface area contributed by atoms with Gasteiger partial charge in [-0.2, -0.15) is 0 Å². The molecule has 1 rings (SSSR count). The van der Waals surface area contributed by atoms with Gasteiger partial charge in [0.05, 0.1) is 0 Å². The van der Waals surface area contributed by atoms with E-state index in [0.717, 1.165) is 24.8 Å². The highest BCUT2D eigenvalue weighted by atomic mass is 16.6. The van der Waals surface area contributed by atoms with E-state index in [-0.39, 0.29) is 11.9 Å². The van der Waals surface area contributed by atoms with Crippen LogP contribution in [0.15, 0.2) is 30.3 Å². The summed E-state index contributed by atoms with van der Waals surface area (Å²) in [5.41, 5.74) is 6.07. The molecule has 0 aromatic heterocycles. The molecule has 0 fully saturated rings. The van der Waals surface area contributed by atoms with E-state index < -0.39 is 17.7 Å². The predicted octanol–water partition coefficient (Wildman–Crippen LogP) is 2.76. The Morgan fingerprint density at radius 3 is 2.35 bits per heavy atom. The summed E-state index contributed by atoms with van der Waals surface area (Å²) in [5.74, 6) is -0.198. The third-order valence-corrected chi connectivity index (χ3v) is 3.73. The molecule has 0 radical (unpaired) electrons. The summed E-state index contributed by atoms with van der Waals surface area (Å²) in [6, 6.07) is 9.30. The molecule has 0 unspecified atom stereocenters. The maximum atomic E-state index is 12.6. The van der Waals surface area contributed by atoms with Crippen molar-refractivity contribution in [3.63, 3.8) is 0 Å². The lowest BCUT2D eigenvalue weighted by Gasteiger charge is -2.24. The van der Waals surface area contributed by atoms with E-state index in [1.54, 1.807) is 20.8 Å². The van der Waals surface area contributed by atoms with Crippen LogP contribution in [-0.2, 0) is 16.0 Å². The van der Waals surface area contributed by atoms with Gasteiger partial charge in [-0.3, -0.25) is 4.79 Å². The standard InChI is InChI=1S/C20H33N3O3/c1-15(14-16-10-6-5-7-11-16)22-18(24)17(12-8-9-13-21)23-19(25)26-20(2,3)4/h5-7,10-11,15,17H,8-9,12-14,21H2,1-4H3,(H,22,24)(H,23,25)/t15-,17-/m0/s1. The SMILES string of the molecule is C[C@@H](Cc1ccccc1)NC(=O)[C@H](CCCCN)NC(=O)OC(C)(C)C. The minimum Gasteiger partial charge on any atom is -0.444 e. The van der Waals surface area contributed by atoms with Crippen molar-refractivity contribution in [1.29, 1.82) is 0 Å². The van der Waals surface area contributed by atoms with Crippen LogP contribution in [-0.4, -0.2) is 36.2 Å². The first-order chi connectivity index (χ1) is 12.2. The van der Waals surface area contributed by atoms with Crippen LogP contribution in [0.4, 0.5) is 4.79 Å². The maximum Gasteiger partial charge on any atom is 0.408 e. The number of hydrogen-bond acceptors (Lipinski definition) is 4. The number of rotatable bonds is 9. The number of amides is 2. The van der Waals surface area contributed by atoms with Crippen molar-refractivity contribution in [2.75, 3.05) is 6.54 Å². The fourth-order valence-electron chi connectivity index (χ4n) is 2.57. The third kappa shape index (κ3) is 9.42. The number of ether oxygens (including phenoxy) is 1. The van der Waals surface area contributed by atoms with Crippen molar-refractivity contribution < 1.29 is 14.3 Å². The lowest BCUT2D eigenvalue weighted by molar-refractivity contribution is -0.124. The lowest BCUT2D eigenvalue weighted by Crippen LogP contribution is -2.50. The van der Waals surface area contributed by atoms with Crippen LogP contribution in [0.3, 0.4) is 0 Å². The molecular formula is C20H33N3O3. The molecule has 146 valence electrons. The smallest absolute Gasteiger partial charge is 0.408 e. The number of nitrogens with two attached hydrogens (primary N) is 1. The molecule has 26 heavy (non-hydrogen) atoms. The van der Waals surface area contributed by atoms with Crippen molar-refractivity contribution >= 4 is 12.0 Å². The van der Waals surface area contributed by atoms with Crippen molar-refractivity contribution in [1.82, 2.24) is 10.6 Å². The molecule has 2 amide bonds. The molecule has 0 heterocycles. The Hall–Kier alpha value is -2.08. The molecule has 0 spiro atoms. The number of unbranched alkanes of at least 4 members (excludes halogenated alkanes) is 1. The topological polar surface area (TPSA) is 93.5 Å². The van der Waals surface area contributed by atoms with Crippen LogP contribution in [0.2, 0.25) is 0 Å². The Labute approximate surface area is 156 Å². The van der Waals surface area contributed by atoms with Crippen LogP contribution in [0.5, 0.6) is 0 Å². The Bertz CT molecular complexity index is 555. The van der Waals surface area contributed by atoms with Crippen LogP contribution in [0, 0.1) is 0 Å². The number of carbonyl (C=O) groups excluding carboxylic acids is 2. The van der Waals surface area contributed by atoms with Gasteiger partial charge in [-0.15, -0.1) is 0 Å². The van der Waals surface area contributed by atoms with Gasteiger partial charge in [-0.25, -0.2) is 4.79 Å². The molecule has 0 aliphatic heterocycles. The second kappa shape index (κ2) is 10.8. The molecular weight excluding hydrogens is 330 g/mol. The zero-order valence-electron chi connectivity index (χ0n) is 16.4. The van der Waals surface area contributed by atoms with Crippen LogP contribution < -0.4 is 16.4 Å². The van der Waals surface area contributed by atoms with E-state index in [1.807, 2.05) is 37.3 Å². The number of alkyl carbamates (subject to hydrolysis) is 1. The number of nitrogens with one attached hydrogen (secondary N) is 2. The van der Waals surface area contributed by atoms with Gasteiger partial charge in [0.25, 0.3) is 0 Å². The summed E-state index contributed by atoms with van der Waals surface area (Å²) in [6.45, 7) is 7.88. The molecule has 4 N–H and O–H groups in total. The van der Waals surface area contributed by atoms with E-state index in [4.69, 9.17) is 10.5 Å². The van der Waals surface area contributed by atoms with Gasteiger partial charge >= 0.3 is 6.09 Å². The lowest BCUT2D eigenvalue weighted by atomic mass is 10.1. The summed E-state index contributed by atoms with van der Waals surface area (Å²) in [4.78, 5) is 24.7. The minimum atomic E-state index is -0.630. The molecule has 0 aliphatic carbocycles. The molecule has 0 aliphatic rings. The molecule has 0 saturated heterocycles. The predicted molar refractivity (Wildman–Crippen MR) is 104 cm³/mol. The average molecular weight is 364 g/mol. The van der Waals surface area contributed by atoms with Crippen LogP contribution in [0.25, 0.3) is 0 Å².